The number of benzene rings is 2. The maximum absolute atomic E-state index is 14.2. The normalized spacial score (nSPS) is 11.9. The molecule has 0 heterocycles. The van der Waals surface area contributed by atoms with E-state index < -0.39 is 35.8 Å². The Kier molecular flexibility index (Phi) is 7.71. The van der Waals surface area contributed by atoms with Gasteiger partial charge in [-0.1, -0.05) is 0 Å². The van der Waals surface area contributed by atoms with E-state index in [4.69, 9.17) is 0 Å². The molecule has 4 nitrogen and oxygen atoms in total. The predicted octanol–water partition coefficient (Wildman–Crippen LogP) is 6.38. The Bertz CT molecular complexity index is 971. The molecular formula is C18H12F8N2O2S2. The Morgan fingerprint density at radius 2 is 1.00 bits per heavy atom. The zero-order valence-electron chi connectivity index (χ0n) is 16.0. The second kappa shape index (κ2) is 9.57. The van der Waals surface area contributed by atoms with E-state index in [0.29, 0.717) is 21.6 Å². The van der Waals surface area contributed by atoms with Crippen LogP contribution in [0.3, 0.4) is 0 Å². The van der Waals surface area contributed by atoms with Crippen molar-refractivity contribution in [2.75, 3.05) is 10.6 Å². The number of halogens is 8. The second-order valence-electron chi connectivity index (χ2n) is 6.27. The van der Waals surface area contributed by atoms with Gasteiger partial charge in [-0.25, -0.2) is 8.78 Å². The van der Waals surface area contributed by atoms with Gasteiger partial charge in [0.15, 0.2) is 0 Å². The molecule has 2 amide bonds. The third-order valence-electron chi connectivity index (χ3n) is 3.79. The fourth-order valence-electron chi connectivity index (χ4n) is 2.18. The minimum Gasteiger partial charge on any atom is -0.318 e. The lowest BCUT2D eigenvalue weighted by molar-refractivity contribution is -0.167. The molecular weight excluding hydrogens is 492 g/mol. The first-order valence-electron chi connectivity index (χ1n) is 8.30. The highest BCUT2D eigenvalue weighted by molar-refractivity contribution is 8.76. The monoisotopic (exact) mass is 504 g/mol. The van der Waals surface area contributed by atoms with E-state index in [9.17, 15) is 44.7 Å². The van der Waals surface area contributed by atoms with Crippen LogP contribution >= 0.6 is 21.6 Å². The van der Waals surface area contributed by atoms with Gasteiger partial charge < -0.3 is 10.6 Å². The molecule has 174 valence electrons. The van der Waals surface area contributed by atoms with E-state index in [0.717, 1.165) is 24.3 Å². The Labute approximate surface area is 183 Å². The molecule has 14 heteroatoms. The molecule has 2 aromatic rings. The highest BCUT2D eigenvalue weighted by atomic mass is 33.1. The predicted molar refractivity (Wildman–Crippen MR) is 103 cm³/mol. The summed E-state index contributed by atoms with van der Waals surface area (Å²) >= 11 is 0. The van der Waals surface area contributed by atoms with E-state index in [1.807, 2.05) is 0 Å². The number of hydrogen-bond acceptors (Lipinski definition) is 4. The number of amides is 2. The standard InChI is InChI=1S/C18H12F8N2O2S2/c1-7-3-9(19)13(5-11(7)27-15(29)17(21,22)23)31-32-14-6-12(8(2)4-10(14)20)28-16(30)18(24,25)26/h3-6H,1-2H3,(H,27,29)(H,28,30). The maximum Gasteiger partial charge on any atom is 0.471 e. The minimum absolute atomic E-state index is 0.00637. The summed E-state index contributed by atoms with van der Waals surface area (Å²) in [6.07, 6.45) is -10.4. The van der Waals surface area contributed by atoms with Gasteiger partial charge in [-0.15, -0.1) is 0 Å². The van der Waals surface area contributed by atoms with E-state index in [2.05, 4.69) is 0 Å². The third-order valence-corrected chi connectivity index (χ3v) is 6.19. The average molecular weight is 504 g/mol. The van der Waals surface area contributed by atoms with Crippen LogP contribution in [-0.2, 0) is 9.59 Å². The molecule has 0 aliphatic carbocycles. The molecule has 2 rings (SSSR count). The summed E-state index contributed by atoms with van der Waals surface area (Å²) in [4.78, 5) is 21.7. The Hall–Kier alpha value is -2.48. The van der Waals surface area contributed by atoms with Crippen LogP contribution < -0.4 is 10.6 Å². The van der Waals surface area contributed by atoms with E-state index >= 15 is 0 Å². The van der Waals surface area contributed by atoms with Crippen molar-refractivity contribution in [3.63, 3.8) is 0 Å². The Balaban J connectivity index is 2.26. The van der Waals surface area contributed by atoms with Gasteiger partial charge in [-0.2, -0.15) is 26.3 Å². The third kappa shape index (κ3) is 6.51. The van der Waals surface area contributed by atoms with Gasteiger partial charge in [-0.05, 0) is 70.8 Å². The largest absolute Gasteiger partial charge is 0.471 e. The summed E-state index contributed by atoms with van der Waals surface area (Å²) in [5.74, 6) is -6.32. The number of hydrogen-bond donors (Lipinski definition) is 2. The number of nitrogens with one attached hydrogen (secondary N) is 2. The summed E-state index contributed by atoms with van der Waals surface area (Å²) in [5, 5.41) is 3.20. The average Bonchev–Trinajstić information content (AvgIpc) is 2.64. The molecule has 0 fully saturated rings. The van der Waals surface area contributed by atoms with Crippen LogP contribution in [0.1, 0.15) is 11.1 Å². The van der Waals surface area contributed by atoms with Crippen molar-refractivity contribution in [3.05, 3.63) is 47.0 Å². The molecule has 2 aromatic carbocycles. The van der Waals surface area contributed by atoms with Gasteiger partial charge in [0.05, 0.1) is 9.79 Å². The molecule has 0 bridgehead atoms. The Morgan fingerprint density at radius 1 is 0.688 bits per heavy atom. The summed E-state index contributed by atoms with van der Waals surface area (Å²) in [6, 6.07) is 3.53. The van der Waals surface area contributed by atoms with Gasteiger partial charge in [-0.3, -0.25) is 9.59 Å². The van der Waals surface area contributed by atoms with Crippen LogP contribution in [0.5, 0.6) is 0 Å². The summed E-state index contributed by atoms with van der Waals surface area (Å²) in [6.45, 7) is 2.51. The summed E-state index contributed by atoms with van der Waals surface area (Å²) in [7, 11) is 1.09. The summed E-state index contributed by atoms with van der Waals surface area (Å²) < 4.78 is 103. The molecule has 0 aromatic heterocycles. The van der Waals surface area contributed by atoms with Crippen LogP contribution in [0.25, 0.3) is 0 Å². The van der Waals surface area contributed by atoms with Crippen LogP contribution in [0.2, 0.25) is 0 Å². The first kappa shape index (κ1) is 25.8. The Morgan fingerprint density at radius 3 is 1.28 bits per heavy atom. The van der Waals surface area contributed by atoms with E-state index in [1.54, 1.807) is 10.6 Å². The number of rotatable bonds is 5. The smallest absolute Gasteiger partial charge is 0.318 e. The van der Waals surface area contributed by atoms with Crippen molar-refractivity contribution in [1.29, 1.82) is 0 Å². The van der Waals surface area contributed by atoms with E-state index in [1.165, 1.54) is 13.8 Å². The van der Waals surface area contributed by atoms with Gasteiger partial charge in [0.1, 0.15) is 11.6 Å². The molecule has 0 saturated heterocycles. The lowest BCUT2D eigenvalue weighted by Crippen LogP contribution is -2.30. The molecule has 0 aliphatic heterocycles. The first-order valence-corrected chi connectivity index (χ1v) is 10.5. The SMILES string of the molecule is Cc1cc(F)c(SSc2cc(NC(=O)C(F)(F)F)c(C)cc2F)cc1NC(=O)C(F)(F)F. The van der Waals surface area contributed by atoms with Gasteiger partial charge >= 0.3 is 24.2 Å². The van der Waals surface area contributed by atoms with Crippen molar-refractivity contribution in [2.45, 2.75) is 36.0 Å². The molecule has 0 spiro atoms. The number of alkyl halides is 6. The zero-order valence-corrected chi connectivity index (χ0v) is 17.6. The summed E-state index contributed by atoms with van der Waals surface area (Å²) in [5.41, 5.74) is -0.681. The van der Waals surface area contributed by atoms with Crippen LogP contribution in [0.15, 0.2) is 34.1 Å². The number of carbonyl (C=O) groups excluding carboxylic acids is 2. The van der Waals surface area contributed by atoms with Crippen molar-refractivity contribution in [2.24, 2.45) is 0 Å². The van der Waals surface area contributed by atoms with Gasteiger partial charge in [0.2, 0.25) is 0 Å². The fraction of sp³-hybridized carbons (Fsp3) is 0.222. The lowest BCUT2D eigenvalue weighted by Gasteiger charge is -2.14. The molecule has 0 radical (unpaired) electrons. The molecule has 32 heavy (non-hydrogen) atoms. The molecule has 0 saturated carbocycles. The van der Waals surface area contributed by atoms with E-state index in [-0.39, 0.29) is 32.3 Å². The second-order valence-corrected chi connectivity index (χ2v) is 8.48. The quantitative estimate of drug-likeness (QED) is 0.367. The van der Waals surface area contributed by atoms with Crippen LogP contribution in [-0.4, -0.2) is 24.2 Å². The molecule has 0 unspecified atom stereocenters. The van der Waals surface area contributed by atoms with Gasteiger partial charge in [0.25, 0.3) is 0 Å². The first-order chi connectivity index (χ1) is 14.6. The molecule has 2 N–H and O–H groups in total. The van der Waals surface area contributed by atoms with Crippen molar-refractivity contribution >= 4 is 44.8 Å². The maximum atomic E-state index is 14.2. The van der Waals surface area contributed by atoms with Gasteiger partial charge in [0, 0.05) is 11.4 Å². The molecule has 0 aliphatic rings. The lowest BCUT2D eigenvalue weighted by atomic mass is 10.2. The number of carbonyl (C=O) groups is 2. The fourth-order valence-corrected chi connectivity index (χ4v) is 4.27. The number of anilines is 2. The topological polar surface area (TPSA) is 58.2 Å². The van der Waals surface area contributed by atoms with Crippen LogP contribution in [0.4, 0.5) is 46.5 Å². The zero-order chi connectivity index (χ0) is 24.4. The highest BCUT2D eigenvalue weighted by Gasteiger charge is 2.39. The van der Waals surface area contributed by atoms with Crippen molar-refractivity contribution < 1.29 is 44.7 Å². The van der Waals surface area contributed by atoms with Crippen molar-refractivity contribution in [1.82, 2.24) is 0 Å². The molecule has 0 atom stereocenters. The van der Waals surface area contributed by atoms with Crippen molar-refractivity contribution in [3.8, 4) is 0 Å². The minimum atomic E-state index is -5.18. The van der Waals surface area contributed by atoms with Crippen LogP contribution in [0, 0.1) is 25.5 Å². The number of aryl methyl sites for hydroxylation is 2. The highest BCUT2D eigenvalue weighted by Crippen LogP contribution is 2.42.